The summed E-state index contributed by atoms with van der Waals surface area (Å²) in [6, 6.07) is 6.76. The Balaban J connectivity index is 0.00000225. The number of rotatable bonds is 6. The Hall–Kier alpha value is -1.09. The quantitative estimate of drug-likeness (QED) is 0.388. The van der Waals surface area contributed by atoms with Gasteiger partial charge >= 0.3 is 0 Å². The zero-order valence-electron chi connectivity index (χ0n) is 14.7. The van der Waals surface area contributed by atoms with Gasteiger partial charge in [-0.15, -0.1) is 24.0 Å². The standard InChI is InChI=1S/C18H28FN5.HI/c19-16-4-6-17(7-5-16)24-12-10-23(11-13-24)9-8-21-18(20)22-14-15-2-1-3-15;/h4-7,15H,1-3,8-14H2,(H3,20,21,22);1H. The lowest BCUT2D eigenvalue weighted by atomic mass is 9.86. The topological polar surface area (TPSA) is 56.9 Å². The van der Waals surface area contributed by atoms with Gasteiger partial charge in [0, 0.05) is 51.5 Å². The lowest BCUT2D eigenvalue weighted by Crippen LogP contribution is -2.49. The highest BCUT2D eigenvalue weighted by Crippen LogP contribution is 2.26. The normalized spacial score (nSPS) is 19.2. The van der Waals surface area contributed by atoms with Crippen molar-refractivity contribution >= 4 is 35.6 Å². The number of aliphatic imine (C=N–C) groups is 1. The van der Waals surface area contributed by atoms with Crippen LogP contribution in [0.4, 0.5) is 10.1 Å². The van der Waals surface area contributed by atoms with Crippen molar-refractivity contribution in [1.29, 1.82) is 0 Å². The van der Waals surface area contributed by atoms with Crippen LogP contribution in [0.3, 0.4) is 0 Å². The number of anilines is 1. The van der Waals surface area contributed by atoms with Crippen LogP contribution in [0, 0.1) is 11.7 Å². The number of guanidine groups is 1. The Labute approximate surface area is 166 Å². The summed E-state index contributed by atoms with van der Waals surface area (Å²) < 4.78 is 13.0. The minimum absolute atomic E-state index is 0. The molecule has 2 aliphatic rings. The summed E-state index contributed by atoms with van der Waals surface area (Å²) in [5.74, 6) is 1.15. The van der Waals surface area contributed by atoms with E-state index < -0.39 is 0 Å². The van der Waals surface area contributed by atoms with E-state index in [4.69, 9.17) is 5.73 Å². The summed E-state index contributed by atoms with van der Waals surface area (Å²) in [5, 5.41) is 3.21. The summed E-state index contributed by atoms with van der Waals surface area (Å²) in [6.07, 6.45) is 3.95. The highest BCUT2D eigenvalue weighted by atomic mass is 127. The molecule has 1 aromatic carbocycles. The molecule has 1 heterocycles. The first kappa shape index (κ1) is 20.2. The molecule has 1 aliphatic carbocycles. The van der Waals surface area contributed by atoms with Gasteiger partial charge in [-0.3, -0.25) is 9.89 Å². The zero-order chi connectivity index (χ0) is 16.8. The van der Waals surface area contributed by atoms with E-state index in [0.717, 1.165) is 57.4 Å². The van der Waals surface area contributed by atoms with Crippen molar-refractivity contribution in [2.45, 2.75) is 19.3 Å². The van der Waals surface area contributed by atoms with Gasteiger partial charge in [-0.25, -0.2) is 4.39 Å². The number of hydrogen-bond acceptors (Lipinski definition) is 3. The molecule has 5 nitrogen and oxygen atoms in total. The van der Waals surface area contributed by atoms with Gasteiger partial charge in [0.2, 0.25) is 0 Å². The van der Waals surface area contributed by atoms with E-state index in [2.05, 4.69) is 20.1 Å². The van der Waals surface area contributed by atoms with Gasteiger partial charge in [0.1, 0.15) is 5.82 Å². The summed E-state index contributed by atoms with van der Waals surface area (Å²) >= 11 is 0. The largest absolute Gasteiger partial charge is 0.370 e. The molecule has 7 heteroatoms. The maximum atomic E-state index is 13.0. The smallest absolute Gasteiger partial charge is 0.188 e. The number of nitrogens with two attached hydrogens (primary N) is 1. The van der Waals surface area contributed by atoms with Crippen LogP contribution in [0.1, 0.15) is 19.3 Å². The fourth-order valence-electron chi connectivity index (χ4n) is 3.18. The van der Waals surface area contributed by atoms with Crippen molar-refractivity contribution in [3.63, 3.8) is 0 Å². The van der Waals surface area contributed by atoms with Crippen LogP contribution in [0.15, 0.2) is 29.3 Å². The Kier molecular flexibility index (Phi) is 8.21. The molecule has 0 spiro atoms. The number of hydrogen-bond donors (Lipinski definition) is 2. The van der Waals surface area contributed by atoms with Crippen LogP contribution in [-0.4, -0.2) is 56.7 Å². The molecule has 0 aromatic heterocycles. The molecule has 0 bridgehead atoms. The second-order valence-corrected chi connectivity index (χ2v) is 6.75. The fourth-order valence-corrected chi connectivity index (χ4v) is 3.18. The average molecular weight is 461 g/mol. The highest BCUT2D eigenvalue weighted by Gasteiger charge is 2.17. The fraction of sp³-hybridized carbons (Fsp3) is 0.611. The van der Waals surface area contributed by atoms with Gasteiger partial charge < -0.3 is 16.0 Å². The molecule has 1 saturated heterocycles. The molecular formula is C18H29FIN5. The molecule has 2 fully saturated rings. The number of nitrogens with zero attached hydrogens (tertiary/aromatic N) is 3. The molecule has 1 aliphatic heterocycles. The predicted molar refractivity (Wildman–Crippen MR) is 112 cm³/mol. The Morgan fingerprint density at radius 1 is 1.16 bits per heavy atom. The maximum absolute atomic E-state index is 13.0. The first-order chi connectivity index (χ1) is 11.7. The molecule has 0 amide bonds. The second-order valence-electron chi connectivity index (χ2n) is 6.75. The average Bonchev–Trinajstić information content (AvgIpc) is 2.55. The lowest BCUT2D eigenvalue weighted by Gasteiger charge is -2.36. The monoisotopic (exact) mass is 461 g/mol. The number of nitrogens with one attached hydrogen (secondary N) is 1. The van der Waals surface area contributed by atoms with Gasteiger partial charge in [-0.2, -0.15) is 0 Å². The second kappa shape index (κ2) is 10.2. The molecule has 3 rings (SSSR count). The molecule has 25 heavy (non-hydrogen) atoms. The first-order valence-corrected chi connectivity index (χ1v) is 8.97. The van der Waals surface area contributed by atoms with Crippen LogP contribution in [0.5, 0.6) is 0 Å². The molecule has 0 atom stereocenters. The van der Waals surface area contributed by atoms with Crippen LogP contribution < -0.4 is 16.0 Å². The van der Waals surface area contributed by atoms with Crippen molar-refractivity contribution in [2.24, 2.45) is 16.6 Å². The third-order valence-electron chi connectivity index (χ3n) is 5.04. The van der Waals surface area contributed by atoms with Crippen LogP contribution in [-0.2, 0) is 0 Å². The first-order valence-electron chi connectivity index (χ1n) is 8.97. The van der Waals surface area contributed by atoms with Crippen LogP contribution in [0.2, 0.25) is 0 Å². The van der Waals surface area contributed by atoms with E-state index in [-0.39, 0.29) is 29.8 Å². The lowest BCUT2D eigenvalue weighted by molar-refractivity contribution is 0.261. The molecule has 0 radical (unpaired) electrons. The summed E-state index contributed by atoms with van der Waals surface area (Å²) in [4.78, 5) is 9.14. The van der Waals surface area contributed by atoms with E-state index in [1.165, 1.54) is 31.4 Å². The molecule has 1 aromatic rings. The zero-order valence-corrected chi connectivity index (χ0v) is 17.0. The third-order valence-corrected chi connectivity index (χ3v) is 5.04. The molecule has 1 saturated carbocycles. The van der Waals surface area contributed by atoms with Gasteiger partial charge in [0.05, 0.1) is 0 Å². The number of benzene rings is 1. The van der Waals surface area contributed by atoms with Crippen LogP contribution in [0.25, 0.3) is 0 Å². The SMILES string of the molecule is I.NC(=NCC1CCC1)NCCN1CCN(c2ccc(F)cc2)CC1. The molecule has 0 unspecified atom stereocenters. The van der Waals surface area contributed by atoms with Crippen molar-refractivity contribution < 1.29 is 4.39 Å². The Bertz CT molecular complexity index is 539. The summed E-state index contributed by atoms with van der Waals surface area (Å²) in [5.41, 5.74) is 7.01. The Morgan fingerprint density at radius 2 is 1.84 bits per heavy atom. The van der Waals surface area contributed by atoms with Crippen molar-refractivity contribution in [1.82, 2.24) is 10.2 Å². The minimum Gasteiger partial charge on any atom is -0.370 e. The van der Waals surface area contributed by atoms with Crippen molar-refractivity contribution in [3.8, 4) is 0 Å². The predicted octanol–water partition coefficient (Wildman–Crippen LogP) is 2.27. The van der Waals surface area contributed by atoms with Crippen molar-refractivity contribution in [2.75, 3.05) is 50.7 Å². The molecular weight excluding hydrogens is 432 g/mol. The van der Waals surface area contributed by atoms with Crippen molar-refractivity contribution in [3.05, 3.63) is 30.1 Å². The van der Waals surface area contributed by atoms with E-state index in [0.29, 0.717) is 5.96 Å². The molecule has 140 valence electrons. The van der Waals surface area contributed by atoms with Gasteiger partial charge in [-0.1, -0.05) is 6.42 Å². The number of piperazine rings is 1. The number of halogens is 2. The maximum Gasteiger partial charge on any atom is 0.188 e. The van der Waals surface area contributed by atoms with Gasteiger partial charge in [0.25, 0.3) is 0 Å². The summed E-state index contributed by atoms with van der Waals surface area (Å²) in [6.45, 7) is 6.63. The highest BCUT2D eigenvalue weighted by molar-refractivity contribution is 14.0. The van der Waals surface area contributed by atoms with Gasteiger partial charge in [-0.05, 0) is 43.0 Å². The van der Waals surface area contributed by atoms with E-state index in [1.807, 2.05) is 12.1 Å². The van der Waals surface area contributed by atoms with Crippen LogP contribution >= 0.6 is 24.0 Å². The Morgan fingerprint density at radius 3 is 2.44 bits per heavy atom. The van der Waals surface area contributed by atoms with Gasteiger partial charge in [0.15, 0.2) is 5.96 Å². The van der Waals surface area contributed by atoms with E-state index in [9.17, 15) is 4.39 Å². The third kappa shape index (κ3) is 6.29. The summed E-state index contributed by atoms with van der Waals surface area (Å²) in [7, 11) is 0. The van der Waals surface area contributed by atoms with E-state index >= 15 is 0 Å². The molecule has 3 N–H and O–H groups in total. The van der Waals surface area contributed by atoms with E-state index in [1.54, 1.807) is 0 Å². The minimum atomic E-state index is -0.181.